The standard InChI is InChI=1S/C32H32F2N8/c1-3-22-12-23-5-4-8-36-28(30-39-27-6-9-37-31(29(27)40-30)42-16-20(2)38-19-42)26(23)13-25(22)24-11-21(14-35-15-24)17-41-10-7-32(33,34)18-41/h6,9,11-16,19H,3-5,7-8,10,17-18H2,1-2H3,(H,39,40). The number of imidazole rings is 2. The summed E-state index contributed by atoms with van der Waals surface area (Å²) >= 11 is 0. The van der Waals surface area contributed by atoms with Crippen molar-refractivity contribution in [1.29, 1.82) is 0 Å². The van der Waals surface area contributed by atoms with Crippen molar-refractivity contribution in [3.63, 3.8) is 0 Å². The molecule has 0 saturated carbocycles. The van der Waals surface area contributed by atoms with Gasteiger partial charge in [0, 0.05) is 62.0 Å². The first-order valence-corrected chi connectivity index (χ1v) is 14.5. The van der Waals surface area contributed by atoms with Gasteiger partial charge in [-0.1, -0.05) is 13.0 Å². The molecule has 10 heteroatoms. The van der Waals surface area contributed by atoms with Crippen LogP contribution in [0.5, 0.6) is 0 Å². The molecule has 7 rings (SSSR count). The van der Waals surface area contributed by atoms with E-state index in [0.717, 1.165) is 64.0 Å². The van der Waals surface area contributed by atoms with Crippen molar-refractivity contribution in [3.8, 4) is 16.9 Å². The molecule has 8 nitrogen and oxygen atoms in total. The van der Waals surface area contributed by atoms with E-state index < -0.39 is 5.92 Å². The van der Waals surface area contributed by atoms with Gasteiger partial charge in [0.25, 0.3) is 5.92 Å². The summed E-state index contributed by atoms with van der Waals surface area (Å²) in [5.41, 5.74) is 9.90. The number of alkyl halides is 2. The molecule has 0 bridgehead atoms. The average Bonchev–Trinajstić information content (AvgIpc) is 3.66. The number of aromatic amines is 1. The molecular weight excluding hydrogens is 534 g/mol. The van der Waals surface area contributed by atoms with Gasteiger partial charge in [-0.05, 0) is 66.6 Å². The minimum Gasteiger partial charge on any atom is -0.336 e. The lowest BCUT2D eigenvalue weighted by atomic mass is 9.89. The highest BCUT2D eigenvalue weighted by Gasteiger charge is 2.38. The Morgan fingerprint density at radius 3 is 2.79 bits per heavy atom. The lowest BCUT2D eigenvalue weighted by Crippen LogP contribution is -2.24. The minimum atomic E-state index is -2.61. The molecule has 1 N–H and O–H groups in total. The highest BCUT2D eigenvalue weighted by molar-refractivity contribution is 6.13. The molecule has 214 valence electrons. The predicted octanol–water partition coefficient (Wildman–Crippen LogP) is 5.70. The Morgan fingerprint density at radius 1 is 1.10 bits per heavy atom. The largest absolute Gasteiger partial charge is 0.336 e. The van der Waals surface area contributed by atoms with Crippen molar-refractivity contribution in [2.24, 2.45) is 4.99 Å². The van der Waals surface area contributed by atoms with Gasteiger partial charge in [-0.15, -0.1) is 0 Å². The van der Waals surface area contributed by atoms with Crippen LogP contribution in [0.4, 0.5) is 8.78 Å². The number of nitrogens with one attached hydrogen (secondary N) is 1. The molecule has 0 radical (unpaired) electrons. The van der Waals surface area contributed by atoms with E-state index in [9.17, 15) is 8.78 Å². The summed E-state index contributed by atoms with van der Waals surface area (Å²) in [6.45, 7) is 5.47. The van der Waals surface area contributed by atoms with Crippen molar-refractivity contribution >= 4 is 16.7 Å². The quantitative estimate of drug-likeness (QED) is 0.285. The molecule has 0 unspecified atom stereocenters. The number of nitrogens with zero attached hydrogens (tertiary/aromatic N) is 7. The van der Waals surface area contributed by atoms with Crippen molar-refractivity contribution in [1.82, 2.24) is 34.4 Å². The first-order valence-electron chi connectivity index (χ1n) is 14.5. The third kappa shape index (κ3) is 5.00. The van der Waals surface area contributed by atoms with Gasteiger partial charge in [-0.25, -0.2) is 23.7 Å². The van der Waals surface area contributed by atoms with Crippen LogP contribution in [0.25, 0.3) is 28.0 Å². The molecule has 1 aromatic carbocycles. The Kier molecular flexibility index (Phi) is 6.65. The van der Waals surface area contributed by atoms with Crippen molar-refractivity contribution < 1.29 is 8.78 Å². The molecule has 6 heterocycles. The number of aromatic nitrogens is 6. The first-order chi connectivity index (χ1) is 20.4. The predicted molar refractivity (Wildman–Crippen MR) is 158 cm³/mol. The zero-order valence-electron chi connectivity index (χ0n) is 23.7. The van der Waals surface area contributed by atoms with Crippen LogP contribution in [0, 0.1) is 6.92 Å². The van der Waals surface area contributed by atoms with Crippen LogP contribution in [0.1, 0.15) is 53.5 Å². The second-order valence-electron chi connectivity index (χ2n) is 11.3. The van der Waals surface area contributed by atoms with Gasteiger partial charge in [0.2, 0.25) is 0 Å². The molecule has 5 aromatic rings. The lowest BCUT2D eigenvalue weighted by molar-refractivity contribution is 0.0115. The minimum absolute atomic E-state index is 0.0889. The number of halogens is 2. The van der Waals surface area contributed by atoms with Gasteiger partial charge in [0.1, 0.15) is 17.6 Å². The maximum absolute atomic E-state index is 13.8. The second-order valence-corrected chi connectivity index (χ2v) is 11.3. The second kappa shape index (κ2) is 10.5. The fourth-order valence-corrected chi connectivity index (χ4v) is 6.11. The highest BCUT2D eigenvalue weighted by Crippen LogP contribution is 2.33. The molecule has 0 atom stereocenters. The van der Waals surface area contributed by atoms with Gasteiger partial charge in [-0.3, -0.25) is 19.4 Å². The lowest BCUT2D eigenvalue weighted by Gasteiger charge is -2.18. The van der Waals surface area contributed by atoms with Crippen molar-refractivity contribution in [3.05, 3.63) is 89.2 Å². The summed E-state index contributed by atoms with van der Waals surface area (Å²) in [7, 11) is 0. The van der Waals surface area contributed by atoms with Crippen LogP contribution in [-0.2, 0) is 19.4 Å². The number of hydrogen-bond donors (Lipinski definition) is 1. The Labute approximate surface area is 242 Å². The molecule has 0 aliphatic carbocycles. The van der Waals surface area contributed by atoms with Crippen molar-refractivity contribution in [2.45, 2.75) is 52.0 Å². The zero-order valence-corrected chi connectivity index (χ0v) is 23.7. The highest BCUT2D eigenvalue weighted by atomic mass is 19.3. The van der Waals surface area contributed by atoms with E-state index in [1.807, 2.05) is 30.0 Å². The number of pyridine rings is 2. The van der Waals surface area contributed by atoms with E-state index in [1.54, 1.807) is 23.6 Å². The summed E-state index contributed by atoms with van der Waals surface area (Å²) in [4.78, 5) is 28.8. The number of benzene rings is 1. The molecule has 1 saturated heterocycles. The average molecular weight is 567 g/mol. The molecule has 4 aromatic heterocycles. The summed E-state index contributed by atoms with van der Waals surface area (Å²) in [5.74, 6) is -1.19. The number of aryl methyl sites for hydroxylation is 3. The zero-order chi connectivity index (χ0) is 28.8. The Balaban J connectivity index is 1.29. The van der Waals surface area contributed by atoms with E-state index >= 15 is 0 Å². The molecular formula is C32H32F2N8. The number of fused-ring (bicyclic) bond motifs is 2. The SMILES string of the molecule is CCc1cc2c(cc1-c1cncc(CN3CCC(F)(F)C3)c1)C(c1nc3c(-n4cnc(C)c4)nccc3[nH]1)=NCCC2. The summed E-state index contributed by atoms with van der Waals surface area (Å²) in [5, 5.41) is 0. The topological polar surface area (TPSA) is 87.9 Å². The number of H-pyrrole nitrogens is 1. The van der Waals surface area contributed by atoms with Gasteiger partial charge < -0.3 is 4.98 Å². The molecule has 1 fully saturated rings. The van der Waals surface area contributed by atoms with Crippen LogP contribution >= 0.6 is 0 Å². The fraction of sp³-hybridized carbons (Fsp3) is 0.344. The van der Waals surface area contributed by atoms with Gasteiger partial charge >= 0.3 is 0 Å². The van der Waals surface area contributed by atoms with Crippen LogP contribution in [0.3, 0.4) is 0 Å². The van der Waals surface area contributed by atoms with E-state index in [1.165, 1.54) is 11.1 Å². The van der Waals surface area contributed by atoms with Gasteiger partial charge in [0.05, 0.1) is 17.8 Å². The molecule has 2 aliphatic heterocycles. The Bertz CT molecular complexity index is 1820. The third-order valence-electron chi connectivity index (χ3n) is 8.16. The van der Waals surface area contributed by atoms with Gasteiger partial charge in [0.15, 0.2) is 11.6 Å². The van der Waals surface area contributed by atoms with Crippen LogP contribution in [0.2, 0.25) is 0 Å². The summed E-state index contributed by atoms with van der Waals surface area (Å²) in [6, 6.07) is 8.53. The van der Waals surface area contributed by atoms with E-state index in [-0.39, 0.29) is 13.0 Å². The maximum atomic E-state index is 13.8. The van der Waals surface area contributed by atoms with Crippen LogP contribution in [0.15, 0.2) is 60.4 Å². The van der Waals surface area contributed by atoms with E-state index in [4.69, 9.17) is 9.98 Å². The Hall–Kier alpha value is -4.31. The Morgan fingerprint density at radius 2 is 2.00 bits per heavy atom. The van der Waals surface area contributed by atoms with Crippen LogP contribution < -0.4 is 0 Å². The monoisotopic (exact) mass is 566 g/mol. The summed E-state index contributed by atoms with van der Waals surface area (Å²) in [6.07, 6.45) is 11.8. The number of aliphatic imine (C=N–C) groups is 1. The number of likely N-dealkylation sites (tertiary alicyclic amines) is 1. The normalized spacial score (nSPS) is 16.9. The first kappa shape index (κ1) is 26.6. The smallest absolute Gasteiger partial charge is 0.261 e. The fourth-order valence-electron chi connectivity index (χ4n) is 6.11. The molecule has 2 aliphatic rings. The van der Waals surface area contributed by atoms with E-state index in [2.05, 4.69) is 45.1 Å². The summed E-state index contributed by atoms with van der Waals surface area (Å²) < 4.78 is 29.5. The maximum Gasteiger partial charge on any atom is 0.261 e. The van der Waals surface area contributed by atoms with Crippen LogP contribution in [-0.4, -0.2) is 65.7 Å². The molecule has 42 heavy (non-hydrogen) atoms. The molecule has 0 spiro atoms. The van der Waals surface area contributed by atoms with Gasteiger partial charge in [-0.2, -0.15) is 0 Å². The van der Waals surface area contributed by atoms with E-state index in [0.29, 0.717) is 31.3 Å². The molecule has 0 amide bonds. The van der Waals surface area contributed by atoms with Crippen molar-refractivity contribution in [2.75, 3.05) is 19.6 Å². The number of rotatable bonds is 6. The number of hydrogen-bond acceptors (Lipinski definition) is 6. The third-order valence-corrected chi connectivity index (χ3v) is 8.16.